The molecule has 0 fully saturated rings. The molecular formula is C67H56O19. The highest BCUT2D eigenvalue weighted by molar-refractivity contribution is 6.04. The summed E-state index contributed by atoms with van der Waals surface area (Å²) in [5.74, 6) is -7.15. The summed E-state index contributed by atoms with van der Waals surface area (Å²) in [5.41, 5.74) is 4.37. The first-order chi connectivity index (χ1) is 41.6. The number of carboxylic acid groups (broad SMARTS) is 2. The third kappa shape index (κ3) is 14.3. The Bertz CT molecular complexity index is 3670. The van der Waals surface area contributed by atoms with Crippen molar-refractivity contribution in [2.75, 3.05) is 46.8 Å². The van der Waals surface area contributed by atoms with E-state index >= 15 is 0 Å². The van der Waals surface area contributed by atoms with E-state index in [0.29, 0.717) is 22.6 Å². The summed E-state index contributed by atoms with van der Waals surface area (Å²) < 4.78 is 50.0. The van der Waals surface area contributed by atoms with Gasteiger partial charge in [-0.3, -0.25) is 0 Å². The zero-order valence-corrected chi connectivity index (χ0v) is 46.3. The molecule has 8 rings (SSSR count). The van der Waals surface area contributed by atoms with Crippen molar-refractivity contribution in [2.24, 2.45) is 0 Å². The molecule has 1 aliphatic rings. The van der Waals surface area contributed by atoms with Gasteiger partial charge in [0.1, 0.15) is 44.5 Å². The van der Waals surface area contributed by atoms with Crippen molar-refractivity contribution in [3.63, 3.8) is 0 Å². The predicted octanol–water partition coefficient (Wildman–Crippen LogP) is 9.68. The molecule has 0 saturated heterocycles. The van der Waals surface area contributed by atoms with Crippen LogP contribution in [0.1, 0.15) is 74.0 Å². The van der Waals surface area contributed by atoms with E-state index in [2.05, 4.69) is 44.0 Å². The predicted molar refractivity (Wildman–Crippen MR) is 310 cm³/mol. The first-order valence-corrected chi connectivity index (χ1v) is 26.5. The number of benzene rings is 7. The van der Waals surface area contributed by atoms with Crippen LogP contribution in [0.2, 0.25) is 0 Å². The fourth-order valence-corrected chi connectivity index (χ4v) is 9.64. The van der Waals surface area contributed by atoms with Crippen LogP contribution >= 0.6 is 0 Å². The SMILES string of the molecule is C=CC(=O)OCC(COc1ccc(C2(c3ccc(OCC(COC(=O)C=C)OC(=O)c4ccccc4C(=O)O)cc3)c3ccccc3-c3ccccc32)cc1)OC(=O)c1cccc(-c2ccc(C(=O)O)c(C(=O)OC(COC)COC(=O)C=C)c2)c1. The Balaban J connectivity index is 1.02. The molecule has 0 spiro atoms. The van der Waals surface area contributed by atoms with Crippen LogP contribution < -0.4 is 9.47 Å². The van der Waals surface area contributed by atoms with Crippen molar-refractivity contribution in [2.45, 2.75) is 23.7 Å². The molecule has 0 amide bonds. The summed E-state index contributed by atoms with van der Waals surface area (Å²) in [4.78, 5) is 101. The minimum atomic E-state index is -1.42. The number of carbonyl (C=O) groups excluding carboxylic acids is 6. The Kier molecular flexibility index (Phi) is 20.2. The van der Waals surface area contributed by atoms with Crippen LogP contribution in [0.25, 0.3) is 22.3 Å². The van der Waals surface area contributed by atoms with Crippen LogP contribution in [0, 0.1) is 0 Å². The summed E-state index contributed by atoms with van der Waals surface area (Å²) in [5, 5.41) is 19.6. The lowest BCUT2D eigenvalue weighted by Crippen LogP contribution is -2.31. The molecule has 19 nitrogen and oxygen atoms in total. The standard InChI is InChI=1S/C67H56O19/c1-5-59(68)81-38-48(35-78-4)85-66(77)56-34-42(23-32-54(56)63(73)74)41-15-14-16-43(33-41)64(75)84-49(39-82-60(69)6-2)36-79-46-28-24-44(25-29-46)67(57-21-12-10-17-51(57)52-18-11-13-22-58(52)67)45-26-30-47(31-27-45)80-37-50(40-83-61(70)7-3)86-65(76)55-20-9-8-19-53(55)62(71)72/h5-34,48-50H,1-3,35-40H2,4H3,(H,71,72)(H,73,74). The molecule has 0 heterocycles. The van der Waals surface area contributed by atoms with Crippen LogP contribution in [0.5, 0.6) is 11.5 Å². The molecule has 0 saturated carbocycles. The number of ether oxygens (including phenoxy) is 9. The maximum Gasteiger partial charge on any atom is 0.339 e. The van der Waals surface area contributed by atoms with Crippen LogP contribution in [0.4, 0.5) is 0 Å². The number of hydrogen-bond donors (Lipinski definition) is 2. The van der Waals surface area contributed by atoms with Gasteiger partial charge in [-0.25, -0.2) is 38.4 Å². The summed E-state index contributed by atoms with van der Waals surface area (Å²) in [6.45, 7) is 8.23. The van der Waals surface area contributed by atoms with E-state index in [-0.39, 0.29) is 47.6 Å². The lowest BCUT2D eigenvalue weighted by Gasteiger charge is -2.34. The molecular weight excluding hydrogens is 1110 g/mol. The molecule has 7 aromatic carbocycles. The minimum absolute atomic E-state index is 0.0437. The quantitative estimate of drug-likeness (QED) is 0.0263. The number of hydrogen-bond acceptors (Lipinski definition) is 17. The normalized spacial score (nSPS) is 12.7. The third-order valence-electron chi connectivity index (χ3n) is 13.6. The highest BCUT2D eigenvalue weighted by atomic mass is 16.6. The fraction of sp³-hybridized carbons (Fsp3) is 0.164. The van der Waals surface area contributed by atoms with Crippen molar-refractivity contribution in [1.82, 2.24) is 0 Å². The largest absolute Gasteiger partial charge is 0.490 e. The zero-order chi connectivity index (χ0) is 61.3. The van der Waals surface area contributed by atoms with Gasteiger partial charge in [-0.05, 0) is 105 Å². The summed E-state index contributed by atoms with van der Waals surface area (Å²) in [6.07, 6.45) is -0.562. The Morgan fingerprint density at radius 3 is 1.33 bits per heavy atom. The molecule has 86 heavy (non-hydrogen) atoms. The molecule has 0 radical (unpaired) electrons. The molecule has 3 unspecified atom stereocenters. The van der Waals surface area contributed by atoms with Gasteiger partial charge in [0.2, 0.25) is 0 Å². The Morgan fingerprint density at radius 1 is 0.430 bits per heavy atom. The van der Waals surface area contributed by atoms with Gasteiger partial charge in [0.25, 0.3) is 0 Å². The Morgan fingerprint density at radius 2 is 0.849 bits per heavy atom. The summed E-state index contributed by atoms with van der Waals surface area (Å²) in [6, 6.07) is 46.4. The molecule has 3 atom stereocenters. The van der Waals surface area contributed by atoms with Crippen molar-refractivity contribution in [3.8, 4) is 33.8 Å². The molecule has 7 aromatic rings. The number of fused-ring (bicyclic) bond motifs is 3. The topological polar surface area (TPSA) is 260 Å². The monoisotopic (exact) mass is 1160 g/mol. The van der Waals surface area contributed by atoms with Crippen LogP contribution in [0.15, 0.2) is 202 Å². The molecule has 0 bridgehead atoms. The van der Waals surface area contributed by atoms with Gasteiger partial charge in [-0.2, -0.15) is 0 Å². The third-order valence-corrected chi connectivity index (χ3v) is 13.6. The number of carbonyl (C=O) groups is 8. The minimum Gasteiger partial charge on any atom is -0.490 e. The molecule has 0 aromatic heterocycles. The molecule has 19 heteroatoms. The van der Waals surface area contributed by atoms with Crippen molar-refractivity contribution in [1.29, 1.82) is 0 Å². The molecule has 438 valence electrons. The van der Waals surface area contributed by atoms with Gasteiger partial charge in [-0.15, -0.1) is 0 Å². The fourth-order valence-electron chi connectivity index (χ4n) is 9.64. The lowest BCUT2D eigenvalue weighted by atomic mass is 9.68. The van der Waals surface area contributed by atoms with E-state index in [1.165, 1.54) is 61.7 Å². The average Bonchev–Trinajstić information content (AvgIpc) is 1.59. The maximum atomic E-state index is 13.9. The second kappa shape index (κ2) is 28.4. The van der Waals surface area contributed by atoms with E-state index in [0.717, 1.165) is 51.6 Å². The van der Waals surface area contributed by atoms with E-state index < -0.39 is 91.3 Å². The average molecular weight is 1170 g/mol. The zero-order valence-electron chi connectivity index (χ0n) is 46.3. The molecule has 2 N–H and O–H groups in total. The Labute approximate surface area is 493 Å². The second-order valence-electron chi connectivity index (χ2n) is 19.0. The second-order valence-corrected chi connectivity index (χ2v) is 19.0. The number of aromatic carboxylic acids is 2. The summed E-state index contributed by atoms with van der Waals surface area (Å²) in [7, 11) is 1.34. The Hall–Kier alpha value is -10.9. The smallest absolute Gasteiger partial charge is 0.339 e. The van der Waals surface area contributed by atoms with Crippen LogP contribution in [0.3, 0.4) is 0 Å². The van der Waals surface area contributed by atoms with Crippen LogP contribution in [-0.4, -0.2) is 123 Å². The number of methoxy groups -OCH3 is 1. The first-order valence-electron chi connectivity index (χ1n) is 26.5. The van der Waals surface area contributed by atoms with E-state index in [1.54, 1.807) is 36.4 Å². The number of esters is 6. The van der Waals surface area contributed by atoms with E-state index in [9.17, 15) is 48.6 Å². The van der Waals surface area contributed by atoms with Gasteiger partial charge in [0.05, 0.1) is 39.8 Å². The molecule has 1 aliphatic carbocycles. The number of carboxylic acids is 2. The van der Waals surface area contributed by atoms with Gasteiger partial charge < -0.3 is 52.8 Å². The molecule has 0 aliphatic heterocycles. The van der Waals surface area contributed by atoms with Gasteiger partial charge in [0.15, 0.2) is 18.3 Å². The van der Waals surface area contributed by atoms with Gasteiger partial charge >= 0.3 is 47.8 Å². The van der Waals surface area contributed by atoms with Crippen molar-refractivity contribution < 1.29 is 91.2 Å². The van der Waals surface area contributed by atoms with Crippen LogP contribution in [-0.2, 0) is 53.0 Å². The first kappa shape index (κ1) is 61.2. The maximum absolute atomic E-state index is 13.9. The number of rotatable bonds is 28. The highest BCUT2D eigenvalue weighted by Gasteiger charge is 2.46. The highest BCUT2D eigenvalue weighted by Crippen LogP contribution is 2.56. The van der Waals surface area contributed by atoms with Gasteiger partial charge in [-0.1, -0.05) is 123 Å². The lowest BCUT2D eigenvalue weighted by molar-refractivity contribution is -0.142. The van der Waals surface area contributed by atoms with Crippen molar-refractivity contribution >= 4 is 47.8 Å². The van der Waals surface area contributed by atoms with E-state index in [4.69, 9.17) is 42.6 Å². The summed E-state index contributed by atoms with van der Waals surface area (Å²) >= 11 is 0. The van der Waals surface area contributed by atoms with Gasteiger partial charge in [0, 0.05) is 25.3 Å². The van der Waals surface area contributed by atoms with E-state index in [1.807, 2.05) is 48.5 Å². The van der Waals surface area contributed by atoms with Crippen molar-refractivity contribution in [3.05, 3.63) is 252 Å².